The van der Waals surface area contributed by atoms with Crippen LogP contribution >= 0.6 is 0 Å². The molecule has 1 unspecified atom stereocenters. The lowest BCUT2D eigenvalue weighted by Crippen LogP contribution is -2.41. The molecule has 1 N–H and O–H groups in total. The van der Waals surface area contributed by atoms with Crippen LogP contribution in [0, 0.1) is 0 Å². The Balaban J connectivity index is 1.43. The normalized spacial score (nSPS) is 18.9. The minimum Gasteiger partial charge on any atom is -0.486 e. The Hall–Kier alpha value is -1.79. The maximum absolute atomic E-state index is 12.1. The van der Waals surface area contributed by atoms with Crippen molar-refractivity contribution in [3.8, 4) is 11.5 Å². The van der Waals surface area contributed by atoms with E-state index in [0.717, 1.165) is 49.9 Å². The van der Waals surface area contributed by atoms with Gasteiger partial charge in [0.2, 0.25) is 5.91 Å². The van der Waals surface area contributed by atoms with Gasteiger partial charge in [0.25, 0.3) is 0 Å². The number of carbonyl (C=O) groups excluding carboxylic acids is 1. The molecule has 3 rings (SSSR count). The van der Waals surface area contributed by atoms with Crippen LogP contribution in [0.2, 0.25) is 0 Å². The van der Waals surface area contributed by atoms with Crippen LogP contribution in [-0.2, 0) is 9.53 Å². The highest BCUT2D eigenvalue weighted by molar-refractivity contribution is 5.76. The first-order chi connectivity index (χ1) is 11.7. The fourth-order valence-corrected chi connectivity index (χ4v) is 3.01. The number of nitrogens with zero attached hydrogens (tertiary/aromatic N) is 1. The summed E-state index contributed by atoms with van der Waals surface area (Å²) in [5.41, 5.74) is 1.10. The fraction of sp³-hybridized carbons (Fsp3) is 0.611. The van der Waals surface area contributed by atoms with Crippen LogP contribution in [0.25, 0.3) is 0 Å². The van der Waals surface area contributed by atoms with Crippen molar-refractivity contribution in [3.63, 3.8) is 0 Å². The maximum atomic E-state index is 12.1. The number of carbonyl (C=O) groups is 1. The van der Waals surface area contributed by atoms with Crippen LogP contribution in [-0.4, -0.2) is 63.4 Å². The first-order valence-corrected chi connectivity index (χ1v) is 8.69. The smallest absolute Gasteiger partial charge is 0.220 e. The average Bonchev–Trinajstić information content (AvgIpc) is 2.62. The molecular weight excluding hydrogens is 308 g/mol. The van der Waals surface area contributed by atoms with E-state index in [9.17, 15) is 4.79 Å². The van der Waals surface area contributed by atoms with E-state index >= 15 is 0 Å². The van der Waals surface area contributed by atoms with Gasteiger partial charge in [-0.3, -0.25) is 9.69 Å². The van der Waals surface area contributed by atoms with Crippen molar-refractivity contribution < 1.29 is 19.0 Å². The summed E-state index contributed by atoms with van der Waals surface area (Å²) < 4.78 is 16.5. The van der Waals surface area contributed by atoms with Crippen molar-refractivity contribution in [3.05, 3.63) is 23.8 Å². The van der Waals surface area contributed by atoms with Gasteiger partial charge in [-0.05, 0) is 23.6 Å². The van der Waals surface area contributed by atoms with Crippen LogP contribution in [0.15, 0.2) is 18.2 Å². The maximum Gasteiger partial charge on any atom is 0.220 e. The Labute approximate surface area is 143 Å². The highest BCUT2D eigenvalue weighted by Gasteiger charge is 2.17. The minimum absolute atomic E-state index is 0.0886. The SMILES string of the molecule is CC(CC(=O)NCCN1CCOCC1)c1ccc2c(c1)OCCO2. The number of morpholine rings is 1. The molecule has 0 aromatic heterocycles. The number of hydrogen-bond donors (Lipinski definition) is 1. The molecular formula is C18H26N2O4. The molecule has 1 saturated heterocycles. The predicted molar refractivity (Wildman–Crippen MR) is 90.7 cm³/mol. The molecule has 1 fully saturated rings. The Morgan fingerprint density at radius 1 is 1.17 bits per heavy atom. The zero-order valence-corrected chi connectivity index (χ0v) is 14.3. The van der Waals surface area contributed by atoms with E-state index in [4.69, 9.17) is 14.2 Å². The Morgan fingerprint density at radius 2 is 1.92 bits per heavy atom. The third kappa shape index (κ3) is 4.61. The molecule has 1 amide bonds. The van der Waals surface area contributed by atoms with Gasteiger partial charge in [-0.25, -0.2) is 0 Å². The predicted octanol–water partition coefficient (Wildman–Crippen LogP) is 1.40. The average molecular weight is 334 g/mol. The monoisotopic (exact) mass is 334 g/mol. The van der Waals surface area contributed by atoms with Gasteiger partial charge in [0, 0.05) is 32.6 Å². The molecule has 24 heavy (non-hydrogen) atoms. The lowest BCUT2D eigenvalue weighted by atomic mass is 9.97. The molecule has 2 aliphatic rings. The lowest BCUT2D eigenvalue weighted by Gasteiger charge is -2.26. The highest BCUT2D eigenvalue weighted by atomic mass is 16.6. The molecule has 0 spiro atoms. The number of rotatable bonds is 6. The largest absolute Gasteiger partial charge is 0.486 e. The van der Waals surface area contributed by atoms with Crippen molar-refractivity contribution in [2.24, 2.45) is 0 Å². The molecule has 0 aliphatic carbocycles. The van der Waals surface area contributed by atoms with Crippen LogP contribution in [0.4, 0.5) is 0 Å². The van der Waals surface area contributed by atoms with Crippen LogP contribution in [0.5, 0.6) is 11.5 Å². The summed E-state index contributed by atoms with van der Waals surface area (Å²) in [4.78, 5) is 14.5. The molecule has 1 aromatic carbocycles. The van der Waals surface area contributed by atoms with Gasteiger partial charge in [0.05, 0.1) is 13.2 Å². The summed E-state index contributed by atoms with van der Waals surface area (Å²) in [7, 11) is 0. The van der Waals surface area contributed by atoms with Gasteiger partial charge < -0.3 is 19.5 Å². The number of benzene rings is 1. The first-order valence-electron chi connectivity index (χ1n) is 8.69. The van der Waals surface area contributed by atoms with Crippen molar-refractivity contribution >= 4 is 5.91 Å². The van der Waals surface area contributed by atoms with E-state index in [0.29, 0.717) is 26.2 Å². The van der Waals surface area contributed by atoms with Gasteiger partial charge in [0.15, 0.2) is 11.5 Å². The molecule has 0 saturated carbocycles. The Bertz CT molecular complexity index is 558. The van der Waals surface area contributed by atoms with Crippen molar-refractivity contribution in [1.82, 2.24) is 10.2 Å². The molecule has 0 radical (unpaired) electrons. The second kappa shape index (κ2) is 8.35. The summed E-state index contributed by atoms with van der Waals surface area (Å²) in [6.45, 7) is 8.27. The number of fused-ring (bicyclic) bond motifs is 1. The summed E-state index contributed by atoms with van der Waals surface area (Å²) in [5.74, 6) is 1.79. The summed E-state index contributed by atoms with van der Waals surface area (Å²) in [6.07, 6.45) is 0.475. The van der Waals surface area contributed by atoms with E-state index in [2.05, 4.69) is 17.1 Å². The van der Waals surface area contributed by atoms with Crippen molar-refractivity contribution in [2.45, 2.75) is 19.3 Å². The van der Waals surface area contributed by atoms with E-state index in [1.165, 1.54) is 0 Å². The third-order valence-corrected chi connectivity index (χ3v) is 4.48. The second-order valence-corrected chi connectivity index (χ2v) is 6.31. The van der Waals surface area contributed by atoms with E-state index in [1.54, 1.807) is 0 Å². The van der Waals surface area contributed by atoms with Crippen LogP contribution in [0.1, 0.15) is 24.8 Å². The van der Waals surface area contributed by atoms with Gasteiger partial charge >= 0.3 is 0 Å². The van der Waals surface area contributed by atoms with Crippen molar-refractivity contribution in [1.29, 1.82) is 0 Å². The summed E-state index contributed by atoms with van der Waals surface area (Å²) >= 11 is 0. The molecule has 0 bridgehead atoms. The number of nitrogens with one attached hydrogen (secondary N) is 1. The van der Waals surface area contributed by atoms with E-state index < -0.39 is 0 Å². The second-order valence-electron chi connectivity index (χ2n) is 6.31. The molecule has 2 heterocycles. The quantitative estimate of drug-likeness (QED) is 0.852. The lowest BCUT2D eigenvalue weighted by molar-refractivity contribution is -0.121. The highest BCUT2D eigenvalue weighted by Crippen LogP contribution is 2.33. The Morgan fingerprint density at radius 3 is 2.71 bits per heavy atom. The van der Waals surface area contributed by atoms with E-state index in [1.807, 2.05) is 18.2 Å². The topological polar surface area (TPSA) is 60.0 Å². The van der Waals surface area contributed by atoms with Crippen LogP contribution in [0.3, 0.4) is 0 Å². The molecule has 6 heteroatoms. The van der Waals surface area contributed by atoms with Gasteiger partial charge in [0.1, 0.15) is 13.2 Å². The zero-order chi connectivity index (χ0) is 16.8. The Kier molecular flexibility index (Phi) is 5.93. The fourth-order valence-electron chi connectivity index (χ4n) is 3.01. The summed E-state index contributed by atoms with van der Waals surface area (Å²) in [6, 6.07) is 5.93. The molecule has 2 aliphatic heterocycles. The molecule has 1 aromatic rings. The van der Waals surface area contributed by atoms with Gasteiger partial charge in [-0.15, -0.1) is 0 Å². The molecule has 1 atom stereocenters. The third-order valence-electron chi connectivity index (χ3n) is 4.48. The standard InChI is InChI=1S/C18H26N2O4/c1-14(15-2-3-16-17(13-15)24-11-10-23-16)12-18(21)19-4-5-20-6-8-22-9-7-20/h2-3,13-14H,4-12H2,1H3,(H,19,21). The van der Waals surface area contributed by atoms with Gasteiger partial charge in [-0.2, -0.15) is 0 Å². The number of hydrogen-bond acceptors (Lipinski definition) is 5. The zero-order valence-electron chi connectivity index (χ0n) is 14.3. The van der Waals surface area contributed by atoms with E-state index in [-0.39, 0.29) is 11.8 Å². The first kappa shape index (κ1) is 17.0. The molecule has 6 nitrogen and oxygen atoms in total. The number of ether oxygens (including phenoxy) is 3. The van der Waals surface area contributed by atoms with Gasteiger partial charge in [-0.1, -0.05) is 13.0 Å². The number of amides is 1. The van der Waals surface area contributed by atoms with Crippen molar-refractivity contribution in [2.75, 3.05) is 52.6 Å². The van der Waals surface area contributed by atoms with Crippen LogP contribution < -0.4 is 14.8 Å². The summed E-state index contributed by atoms with van der Waals surface area (Å²) in [5, 5.41) is 3.02. The minimum atomic E-state index is 0.0886. The molecule has 132 valence electrons.